The summed E-state index contributed by atoms with van der Waals surface area (Å²) in [5, 5.41) is 2.95. The summed E-state index contributed by atoms with van der Waals surface area (Å²) >= 11 is 0. The highest BCUT2D eigenvalue weighted by molar-refractivity contribution is 5.95. The minimum atomic E-state index is -0.962. The Kier molecular flexibility index (Phi) is 8.37. The first-order chi connectivity index (χ1) is 17.1. The van der Waals surface area contributed by atoms with Gasteiger partial charge in [-0.1, -0.05) is 71.1 Å². The number of ether oxygens (including phenoxy) is 4. The first-order valence-electron chi connectivity index (χ1n) is 13.5. The van der Waals surface area contributed by atoms with Crippen molar-refractivity contribution in [1.82, 2.24) is 5.32 Å². The average Bonchev–Trinajstić information content (AvgIpc) is 3.71. The Morgan fingerprint density at radius 1 is 1.11 bits per heavy atom. The van der Waals surface area contributed by atoms with Crippen LogP contribution >= 0.6 is 0 Å². The lowest BCUT2D eigenvalue weighted by Gasteiger charge is -2.27. The molecule has 0 aromatic heterocycles. The van der Waals surface area contributed by atoms with Crippen LogP contribution in [-0.2, 0) is 33.3 Å². The van der Waals surface area contributed by atoms with E-state index in [9.17, 15) is 14.4 Å². The van der Waals surface area contributed by atoms with Gasteiger partial charge in [-0.2, -0.15) is 0 Å². The zero-order valence-corrected chi connectivity index (χ0v) is 22.2. The molecule has 7 atom stereocenters. The van der Waals surface area contributed by atoms with Crippen molar-refractivity contribution in [2.75, 3.05) is 0 Å². The van der Waals surface area contributed by atoms with Crippen LogP contribution in [0.2, 0.25) is 0 Å². The maximum absolute atomic E-state index is 12.8. The Balaban J connectivity index is 1.37. The van der Waals surface area contributed by atoms with Crippen LogP contribution in [0.3, 0.4) is 0 Å². The largest absolute Gasteiger partial charge is 0.433 e. The highest BCUT2D eigenvalue weighted by Gasteiger charge is 2.79. The molecule has 200 valence electrons. The minimum Gasteiger partial charge on any atom is -0.433 e. The number of allylic oxidation sites excluding steroid dienone is 3. The van der Waals surface area contributed by atoms with Gasteiger partial charge in [0, 0.05) is 18.9 Å². The zero-order valence-electron chi connectivity index (χ0n) is 22.2. The van der Waals surface area contributed by atoms with Crippen molar-refractivity contribution in [3.63, 3.8) is 0 Å². The monoisotopic (exact) mass is 503 g/mol. The molecular weight excluding hydrogens is 462 g/mol. The van der Waals surface area contributed by atoms with Crippen LogP contribution in [0.5, 0.6) is 0 Å². The Labute approximate surface area is 214 Å². The number of esters is 1. The van der Waals surface area contributed by atoms with Crippen LogP contribution in [0.25, 0.3) is 0 Å². The molecule has 1 amide bonds. The molecule has 8 heteroatoms. The molecule has 3 aliphatic heterocycles. The lowest BCUT2D eigenvalue weighted by molar-refractivity contribution is -0.198. The van der Waals surface area contributed by atoms with Crippen LogP contribution in [0.4, 0.5) is 0 Å². The van der Waals surface area contributed by atoms with Crippen molar-refractivity contribution >= 4 is 17.7 Å². The molecule has 4 fully saturated rings. The summed E-state index contributed by atoms with van der Waals surface area (Å²) in [6, 6.07) is -0.567. The molecule has 0 radical (unpaired) electrons. The number of carbonyl (C=O) groups excluding carboxylic acids is 3. The number of epoxide rings is 2. The van der Waals surface area contributed by atoms with Crippen LogP contribution < -0.4 is 5.32 Å². The molecule has 0 bridgehead atoms. The maximum atomic E-state index is 12.8. The summed E-state index contributed by atoms with van der Waals surface area (Å²) in [5.41, 5.74) is 0.137. The summed E-state index contributed by atoms with van der Waals surface area (Å²) in [6.45, 7) is 10.3. The van der Waals surface area contributed by atoms with Crippen molar-refractivity contribution in [1.29, 1.82) is 0 Å². The van der Waals surface area contributed by atoms with Gasteiger partial charge in [0.1, 0.15) is 30.0 Å². The van der Waals surface area contributed by atoms with E-state index in [-0.39, 0.29) is 30.0 Å². The molecule has 36 heavy (non-hydrogen) atoms. The van der Waals surface area contributed by atoms with Crippen molar-refractivity contribution in [2.45, 2.75) is 122 Å². The lowest BCUT2D eigenvalue weighted by Crippen LogP contribution is -2.49. The van der Waals surface area contributed by atoms with Gasteiger partial charge in [0.2, 0.25) is 12.2 Å². The number of rotatable bonds is 12. The Hall–Kier alpha value is -2.03. The number of hydrogen-bond donors (Lipinski definition) is 1. The van der Waals surface area contributed by atoms with E-state index >= 15 is 0 Å². The fraction of sp³-hybridized carbons (Fsp3) is 0.750. The second-order valence-electron chi connectivity index (χ2n) is 11.3. The smallest absolute Gasteiger partial charge is 0.308 e. The fourth-order valence-electron chi connectivity index (χ4n) is 5.53. The van der Waals surface area contributed by atoms with Crippen molar-refractivity contribution in [3.05, 3.63) is 23.8 Å². The first-order valence-corrected chi connectivity index (χ1v) is 13.5. The molecule has 3 heterocycles. The quantitative estimate of drug-likeness (QED) is 0.142. The van der Waals surface area contributed by atoms with Gasteiger partial charge in [-0.15, -0.1) is 0 Å². The molecule has 1 spiro atoms. The molecule has 0 aromatic rings. The Morgan fingerprint density at radius 2 is 1.81 bits per heavy atom. The number of amides is 1. The molecule has 8 nitrogen and oxygen atoms in total. The summed E-state index contributed by atoms with van der Waals surface area (Å²) in [6.07, 6.45) is 9.32. The van der Waals surface area contributed by atoms with Crippen LogP contribution in [0, 0.1) is 11.8 Å². The van der Waals surface area contributed by atoms with Gasteiger partial charge < -0.3 is 24.3 Å². The van der Waals surface area contributed by atoms with E-state index in [2.05, 4.69) is 25.2 Å². The van der Waals surface area contributed by atoms with Gasteiger partial charge in [0.25, 0.3) is 0 Å². The minimum absolute atomic E-state index is 0.0511. The highest BCUT2D eigenvalue weighted by atomic mass is 16.8. The van der Waals surface area contributed by atoms with E-state index in [0.717, 1.165) is 12.0 Å². The van der Waals surface area contributed by atoms with Gasteiger partial charge in [-0.05, 0) is 25.2 Å². The van der Waals surface area contributed by atoms with E-state index in [1.807, 2.05) is 26.8 Å². The predicted molar refractivity (Wildman–Crippen MR) is 133 cm³/mol. The van der Waals surface area contributed by atoms with Gasteiger partial charge in [-0.3, -0.25) is 14.4 Å². The standard InChI is InChI=1S/C28H41NO7/c1-6-7-8-9-10-17(4)14-18(5)11-12-20(30)29-19-15-28(36-27(19)33-21(31)13-16(2)3)25-23(34-25)22(32)24-26(28)35-24/h11-12,14,16-17,19,23-27H,6-10,13,15H2,1-5H3,(H,29,30)/b12-11+,18-14-. The van der Waals surface area contributed by atoms with Crippen molar-refractivity contribution in [3.8, 4) is 0 Å². The molecule has 7 unspecified atom stereocenters. The molecule has 1 saturated carbocycles. The molecule has 1 aliphatic carbocycles. The number of Topliss-reactive ketones (excluding diaryl/α,β-unsaturated/α-hetero) is 1. The molecule has 0 aromatic carbocycles. The second-order valence-corrected chi connectivity index (χ2v) is 11.3. The summed E-state index contributed by atoms with van der Waals surface area (Å²) in [7, 11) is 0. The van der Waals surface area contributed by atoms with Crippen molar-refractivity contribution < 1.29 is 33.3 Å². The van der Waals surface area contributed by atoms with Crippen LogP contribution in [0.15, 0.2) is 23.8 Å². The molecule has 1 N–H and O–H groups in total. The first kappa shape index (κ1) is 27.0. The van der Waals surface area contributed by atoms with E-state index in [1.165, 1.54) is 31.8 Å². The fourth-order valence-corrected chi connectivity index (χ4v) is 5.53. The van der Waals surface area contributed by atoms with Crippen LogP contribution in [0.1, 0.15) is 79.6 Å². The maximum Gasteiger partial charge on any atom is 0.308 e. The van der Waals surface area contributed by atoms with E-state index in [0.29, 0.717) is 12.3 Å². The number of hydrogen-bond acceptors (Lipinski definition) is 7. The summed E-state index contributed by atoms with van der Waals surface area (Å²) < 4.78 is 23.2. The Bertz CT molecular complexity index is 890. The number of ketones is 1. The Morgan fingerprint density at radius 3 is 2.44 bits per heavy atom. The molecule has 3 saturated heterocycles. The third kappa shape index (κ3) is 6.09. The van der Waals surface area contributed by atoms with Gasteiger partial charge in [0.15, 0.2) is 5.78 Å². The second kappa shape index (κ2) is 11.2. The van der Waals surface area contributed by atoms with Gasteiger partial charge in [0.05, 0.1) is 6.04 Å². The van der Waals surface area contributed by atoms with Crippen LogP contribution in [-0.4, -0.2) is 60.0 Å². The normalized spacial score (nSPS) is 35.6. The van der Waals surface area contributed by atoms with E-state index in [1.54, 1.807) is 0 Å². The van der Waals surface area contributed by atoms with E-state index in [4.69, 9.17) is 18.9 Å². The SMILES string of the molecule is CCCCCCC(C)/C=C(C)\C=C\C(=O)NC1CC2(OC1OC(=O)CC(C)C)C1OC1C(=O)C1OC12. The number of carbonyl (C=O) groups is 3. The summed E-state index contributed by atoms with van der Waals surface area (Å²) in [4.78, 5) is 37.5. The predicted octanol–water partition coefficient (Wildman–Crippen LogP) is 3.77. The number of fused-ring (bicyclic) bond motifs is 4. The third-order valence-corrected chi connectivity index (χ3v) is 7.42. The lowest BCUT2D eigenvalue weighted by atomic mass is 9.81. The molecule has 4 rings (SSSR count). The average molecular weight is 504 g/mol. The van der Waals surface area contributed by atoms with Crippen molar-refractivity contribution in [2.24, 2.45) is 11.8 Å². The summed E-state index contributed by atoms with van der Waals surface area (Å²) in [5.74, 6) is -0.143. The zero-order chi connectivity index (χ0) is 26.0. The van der Waals surface area contributed by atoms with Gasteiger partial charge >= 0.3 is 5.97 Å². The molecule has 4 aliphatic rings. The topological polar surface area (TPSA) is 107 Å². The third-order valence-electron chi connectivity index (χ3n) is 7.42. The number of unbranched alkanes of at least 4 members (excludes halogenated alkanes) is 3. The van der Waals surface area contributed by atoms with Gasteiger partial charge in [-0.25, -0.2) is 0 Å². The van der Waals surface area contributed by atoms with E-state index < -0.39 is 42.3 Å². The number of nitrogens with one attached hydrogen (secondary N) is 1. The molecular formula is C28H41NO7. The highest BCUT2D eigenvalue weighted by Crippen LogP contribution is 2.57.